The second-order valence-corrected chi connectivity index (χ2v) is 11.7. The second-order valence-electron chi connectivity index (χ2n) is 11.7. The molecule has 5 heteroatoms. The smallest absolute Gasteiger partial charge is 0.238 e. The third-order valence-corrected chi connectivity index (χ3v) is 9.01. The normalized spacial score (nSPS) is 11.9. The van der Waals surface area contributed by atoms with E-state index >= 15 is 0 Å². The van der Waals surface area contributed by atoms with Crippen LogP contribution in [0.4, 0.5) is 0 Å². The summed E-state index contributed by atoms with van der Waals surface area (Å²) in [6, 6.07) is 50.5. The van der Waals surface area contributed by atoms with Crippen molar-refractivity contribution in [3.8, 4) is 28.7 Å². The van der Waals surface area contributed by atoms with Crippen LogP contribution in [0.5, 0.6) is 0 Å². The van der Waals surface area contributed by atoms with E-state index in [1.54, 1.807) is 0 Å². The fraction of sp³-hybridized carbons (Fsp3) is 0. The first-order valence-corrected chi connectivity index (χ1v) is 15.4. The van der Waals surface area contributed by atoms with Gasteiger partial charge in [0.1, 0.15) is 11.2 Å². The Morgan fingerprint density at radius 2 is 1.00 bits per heavy atom. The summed E-state index contributed by atoms with van der Waals surface area (Å²) in [6.45, 7) is 0. The van der Waals surface area contributed by atoms with Crippen LogP contribution in [0.25, 0.3) is 94.0 Å². The summed E-state index contributed by atoms with van der Waals surface area (Å²) < 4.78 is 8.31. The highest BCUT2D eigenvalue weighted by Gasteiger charge is 2.19. The number of para-hydroxylation sites is 2. The molecule has 0 bridgehead atoms. The van der Waals surface area contributed by atoms with Crippen molar-refractivity contribution >= 4 is 65.3 Å². The van der Waals surface area contributed by atoms with Gasteiger partial charge in [-0.2, -0.15) is 9.97 Å². The number of rotatable bonds is 3. The largest absolute Gasteiger partial charge is 0.456 e. The van der Waals surface area contributed by atoms with Gasteiger partial charge in [0.25, 0.3) is 0 Å². The quantitative estimate of drug-likeness (QED) is 0.206. The summed E-state index contributed by atoms with van der Waals surface area (Å²) in [5.74, 6) is 1.80. The minimum Gasteiger partial charge on any atom is -0.456 e. The van der Waals surface area contributed by atoms with Crippen molar-refractivity contribution in [2.45, 2.75) is 0 Å². The standard InChI is InChI=1S/C41H24N4O/c1-2-10-26-21-29(18-17-25(26)9-1)39-42-40(30-19-20-38-34(23-30)32-14-6-8-16-37(32)46-38)44-41(43-39)45-35-15-7-5-13-31(35)33-22-27-11-3-4-12-28(27)24-36(33)45/h1-24H. The third-order valence-electron chi connectivity index (χ3n) is 9.01. The number of nitrogens with zero attached hydrogens (tertiary/aromatic N) is 4. The van der Waals surface area contributed by atoms with E-state index in [0.29, 0.717) is 17.6 Å². The highest BCUT2D eigenvalue weighted by molar-refractivity contribution is 6.13. The van der Waals surface area contributed by atoms with Gasteiger partial charge in [0.2, 0.25) is 5.95 Å². The van der Waals surface area contributed by atoms with E-state index < -0.39 is 0 Å². The molecule has 3 aromatic heterocycles. The summed E-state index contributed by atoms with van der Waals surface area (Å²) >= 11 is 0. The van der Waals surface area contributed by atoms with Gasteiger partial charge in [0, 0.05) is 32.7 Å². The van der Waals surface area contributed by atoms with Gasteiger partial charge in [0.15, 0.2) is 11.6 Å². The Bertz CT molecular complexity index is 2830. The molecule has 0 fully saturated rings. The number of fused-ring (bicyclic) bond motifs is 8. The first-order valence-electron chi connectivity index (χ1n) is 15.4. The molecule has 10 aromatic rings. The highest BCUT2D eigenvalue weighted by Crippen LogP contribution is 2.36. The van der Waals surface area contributed by atoms with Gasteiger partial charge < -0.3 is 4.42 Å². The van der Waals surface area contributed by atoms with Crippen LogP contribution in [0.2, 0.25) is 0 Å². The molecule has 0 saturated carbocycles. The van der Waals surface area contributed by atoms with E-state index in [9.17, 15) is 0 Å². The van der Waals surface area contributed by atoms with Crippen LogP contribution in [0.1, 0.15) is 0 Å². The maximum atomic E-state index is 6.13. The molecule has 0 N–H and O–H groups in total. The molecule has 46 heavy (non-hydrogen) atoms. The molecule has 0 spiro atoms. The SMILES string of the molecule is c1ccc2cc(-c3nc(-c4ccc5oc6ccccc6c5c4)nc(-n4c5ccccc5c5cc6ccccc6cc54)n3)ccc2c1. The number of hydrogen-bond donors (Lipinski definition) is 0. The van der Waals surface area contributed by atoms with Gasteiger partial charge >= 0.3 is 0 Å². The fourth-order valence-corrected chi connectivity index (χ4v) is 6.79. The van der Waals surface area contributed by atoms with Crippen LogP contribution in [0.15, 0.2) is 150 Å². The van der Waals surface area contributed by atoms with Crippen molar-refractivity contribution in [2.75, 3.05) is 0 Å². The molecule has 0 aliphatic carbocycles. The molecule has 0 aliphatic rings. The topological polar surface area (TPSA) is 56.7 Å². The average molecular weight is 589 g/mol. The number of furan rings is 1. The lowest BCUT2D eigenvalue weighted by Gasteiger charge is -2.11. The molecule has 0 atom stereocenters. The Kier molecular flexibility index (Phi) is 5.22. The molecule has 0 amide bonds. The van der Waals surface area contributed by atoms with Gasteiger partial charge in [-0.15, -0.1) is 0 Å². The molecule has 0 unspecified atom stereocenters. The molecule has 3 heterocycles. The van der Waals surface area contributed by atoms with Gasteiger partial charge in [-0.05, 0) is 70.1 Å². The Morgan fingerprint density at radius 3 is 1.83 bits per heavy atom. The molecule has 0 saturated heterocycles. The minimum absolute atomic E-state index is 0.576. The maximum Gasteiger partial charge on any atom is 0.238 e. The summed E-state index contributed by atoms with van der Waals surface area (Å²) in [5.41, 5.74) is 5.63. The van der Waals surface area contributed by atoms with Crippen molar-refractivity contribution in [3.05, 3.63) is 146 Å². The van der Waals surface area contributed by atoms with Crippen LogP contribution >= 0.6 is 0 Å². The van der Waals surface area contributed by atoms with Crippen molar-refractivity contribution in [3.63, 3.8) is 0 Å². The van der Waals surface area contributed by atoms with Crippen LogP contribution < -0.4 is 0 Å². The average Bonchev–Trinajstić information content (AvgIpc) is 3.65. The van der Waals surface area contributed by atoms with Crippen LogP contribution in [-0.2, 0) is 0 Å². The monoisotopic (exact) mass is 588 g/mol. The molecule has 0 aliphatic heterocycles. The fourth-order valence-electron chi connectivity index (χ4n) is 6.79. The van der Waals surface area contributed by atoms with Crippen molar-refractivity contribution in [1.29, 1.82) is 0 Å². The van der Waals surface area contributed by atoms with Crippen molar-refractivity contribution in [2.24, 2.45) is 0 Å². The van der Waals surface area contributed by atoms with E-state index in [2.05, 4.69) is 120 Å². The van der Waals surface area contributed by atoms with E-state index in [-0.39, 0.29) is 0 Å². The van der Waals surface area contributed by atoms with Crippen LogP contribution in [-0.4, -0.2) is 19.5 Å². The lowest BCUT2D eigenvalue weighted by Crippen LogP contribution is -2.06. The molecule has 7 aromatic carbocycles. The Balaban J connectivity index is 1.28. The van der Waals surface area contributed by atoms with E-state index in [0.717, 1.165) is 60.3 Å². The van der Waals surface area contributed by atoms with Gasteiger partial charge in [0.05, 0.1) is 11.0 Å². The molecule has 5 nitrogen and oxygen atoms in total. The summed E-state index contributed by atoms with van der Waals surface area (Å²) in [7, 11) is 0. The predicted octanol–water partition coefficient (Wildman–Crippen LogP) is 10.5. The first-order chi connectivity index (χ1) is 22.8. The zero-order chi connectivity index (χ0) is 30.2. The number of hydrogen-bond acceptors (Lipinski definition) is 4. The number of benzene rings is 7. The maximum absolute atomic E-state index is 6.13. The minimum atomic E-state index is 0.576. The van der Waals surface area contributed by atoms with E-state index in [1.165, 1.54) is 16.2 Å². The summed E-state index contributed by atoms with van der Waals surface area (Å²) in [5, 5.41) is 9.10. The van der Waals surface area contributed by atoms with E-state index in [1.807, 2.05) is 30.3 Å². The predicted molar refractivity (Wildman–Crippen MR) is 187 cm³/mol. The van der Waals surface area contributed by atoms with Crippen molar-refractivity contribution < 1.29 is 4.42 Å². The summed E-state index contributed by atoms with van der Waals surface area (Å²) in [4.78, 5) is 15.5. The molecule has 0 radical (unpaired) electrons. The Morgan fingerprint density at radius 1 is 0.391 bits per heavy atom. The zero-order valence-corrected chi connectivity index (χ0v) is 24.6. The lowest BCUT2D eigenvalue weighted by molar-refractivity contribution is 0.669. The molecular formula is C41H24N4O. The molecule has 214 valence electrons. The van der Waals surface area contributed by atoms with Crippen LogP contribution in [0, 0.1) is 0 Å². The Labute approximate surface area is 263 Å². The van der Waals surface area contributed by atoms with Crippen LogP contribution in [0.3, 0.4) is 0 Å². The van der Waals surface area contributed by atoms with E-state index in [4.69, 9.17) is 19.4 Å². The lowest BCUT2D eigenvalue weighted by atomic mass is 10.1. The zero-order valence-electron chi connectivity index (χ0n) is 24.6. The third kappa shape index (κ3) is 3.79. The van der Waals surface area contributed by atoms with Crippen molar-refractivity contribution in [1.82, 2.24) is 19.5 Å². The molecule has 10 rings (SSSR count). The summed E-state index contributed by atoms with van der Waals surface area (Å²) in [6.07, 6.45) is 0. The molecular weight excluding hydrogens is 564 g/mol. The van der Waals surface area contributed by atoms with Gasteiger partial charge in [-0.25, -0.2) is 4.98 Å². The van der Waals surface area contributed by atoms with Gasteiger partial charge in [-0.1, -0.05) is 97.1 Å². The second kappa shape index (κ2) is 9.58. The highest BCUT2D eigenvalue weighted by atomic mass is 16.3. The first kappa shape index (κ1) is 25.0. The Hall–Kier alpha value is -6.33. The number of aromatic nitrogens is 4. The van der Waals surface area contributed by atoms with Gasteiger partial charge in [-0.3, -0.25) is 4.57 Å².